The summed E-state index contributed by atoms with van der Waals surface area (Å²) in [6.45, 7) is 4.17. The van der Waals surface area contributed by atoms with Crippen LogP contribution in [0.4, 0.5) is 0 Å². The average Bonchev–Trinajstić information content (AvgIpc) is 1.87. The molecule has 0 saturated heterocycles. The Morgan fingerprint density at radius 3 is 2.00 bits per heavy atom. The molecule has 0 bridgehead atoms. The Bertz CT molecular complexity index is 105. The van der Waals surface area contributed by atoms with E-state index in [1.165, 1.54) is 0 Å². The minimum atomic E-state index is 0.0352. The Morgan fingerprint density at radius 2 is 1.73 bits per heavy atom. The smallest absolute Gasteiger partial charge is 0.167 e. The van der Waals surface area contributed by atoms with Crippen LogP contribution in [0.15, 0.2) is 12.7 Å². The van der Waals surface area contributed by atoms with Gasteiger partial charge in [-0.15, -0.1) is 6.58 Å². The van der Waals surface area contributed by atoms with Gasteiger partial charge in [-0.2, -0.15) is 0 Å². The van der Waals surface area contributed by atoms with Crippen molar-refractivity contribution in [3.8, 4) is 0 Å². The fourth-order valence-corrected chi connectivity index (χ4v) is 0.914. The first-order chi connectivity index (χ1) is 5.09. The van der Waals surface area contributed by atoms with E-state index in [-0.39, 0.29) is 6.35 Å². The lowest BCUT2D eigenvalue weighted by Gasteiger charge is -2.29. The largest absolute Gasteiger partial charge is 0.345 e. The number of rotatable bonds is 5. The Hall–Kier alpha value is -0.380. The zero-order valence-corrected chi connectivity index (χ0v) is 7.87. The molecule has 0 aromatic heterocycles. The van der Waals surface area contributed by atoms with E-state index in [9.17, 15) is 0 Å². The van der Waals surface area contributed by atoms with E-state index >= 15 is 0 Å². The summed E-state index contributed by atoms with van der Waals surface area (Å²) in [5.41, 5.74) is 0. The highest BCUT2D eigenvalue weighted by Crippen LogP contribution is 1.98. The molecule has 11 heavy (non-hydrogen) atoms. The first kappa shape index (κ1) is 10.6. The molecule has 0 heterocycles. The zero-order valence-electron chi connectivity index (χ0n) is 7.87. The maximum Gasteiger partial charge on any atom is 0.167 e. The minimum Gasteiger partial charge on any atom is -0.345 e. The van der Waals surface area contributed by atoms with Crippen molar-refractivity contribution in [2.45, 2.75) is 6.35 Å². The van der Waals surface area contributed by atoms with Crippen molar-refractivity contribution in [2.75, 3.05) is 34.8 Å². The van der Waals surface area contributed by atoms with Crippen molar-refractivity contribution in [3.63, 3.8) is 0 Å². The number of hydrogen-bond donors (Lipinski definition) is 0. The summed E-state index contributed by atoms with van der Waals surface area (Å²) >= 11 is 0. The zero-order chi connectivity index (χ0) is 8.85. The van der Waals surface area contributed by atoms with Gasteiger partial charge < -0.3 is 4.74 Å². The van der Waals surface area contributed by atoms with Gasteiger partial charge in [-0.05, 0) is 28.2 Å². The maximum atomic E-state index is 5.45. The summed E-state index contributed by atoms with van der Waals surface area (Å²) in [7, 11) is 7.92. The summed E-state index contributed by atoms with van der Waals surface area (Å²) in [5, 5.41) is 0. The van der Waals surface area contributed by atoms with E-state index in [4.69, 9.17) is 4.74 Å². The highest BCUT2D eigenvalue weighted by molar-refractivity contribution is 4.65. The number of ether oxygens (including phenoxy) is 1. The van der Waals surface area contributed by atoms with E-state index in [1.54, 1.807) is 6.08 Å². The molecule has 0 fully saturated rings. The predicted octanol–water partition coefficient (Wildman–Crippen LogP) is 0.596. The molecule has 0 spiro atoms. The monoisotopic (exact) mass is 158 g/mol. The molecule has 3 nitrogen and oxygen atoms in total. The molecular formula is C8H18N2O. The van der Waals surface area contributed by atoms with Gasteiger partial charge >= 0.3 is 0 Å². The third kappa shape index (κ3) is 4.14. The Morgan fingerprint density at radius 1 is 1.27 bits per heavy atom. The normalized spacial score (nSPS) is 11.5. The molecule has 0 rings (SSSR count). The van der Waals surface area contributed by atoms with Crippen LogP contribution in [0.1, 0.15) is 0 Å². The summed E-state index contributed by atoms with van der Waals surface area (Å²) in [6.07, 6.45) is 1.79. The Balaban J connectivity index is 3.79. The summed E-state index contributed by atoms with van der Waals surface area (Å²) < 4.78 is 5.45. The highest BCUT2D eigenvalue weighted by atomic mass is 16.5. The van der Waals surface area contributed by atoms with Gasteiger partial charge in [-0.1, -0.05) is 6.08 Å². The molecule has 3 heteroatoms. The van der Waals surface area contributed by atoms with Crippen molar-refractivity contribution in [1.29, 1.82) is 0 Å². The molecule has 0 N–H and O–H groups in total. The molecule has 0 radical (unpaired) electrons. The molecule has 0 atom stereocenters. The molecule has 0 aliphatic rings. The second-order valence-corrected chi connectivity index (χ2v) is 2.88. The van der Waals surface area contributed by atoms with Crippen LogP contribution in [-0.4, -0.2) is 50.9 Å². The maximum absolute atomic E-state index is 5.45. The topological polar surface area (TPSA) is 15.7 Å². The lowest BCUT2D eigenvalue weighted by atomic mass is 10.6. The van der Waals surface area contributed by atoms with Crippen molar-refractivity contribution >= 4 is 0 Å². The van der Waals surface area contributed by atoms with Crippen molar-refractivity contribution < 1.29 is 4.74 Å². The van der Waals surface area contributed by atoms with Crippen LogP contribution < -0.4 is 0 Å². The van der Waals surface area contributed by atoms with Gasteiger partial charge in [0.1, 0.15) is 0 Å². The Labute approximate surface area is 69.2 Å². The van der Waals surface area contributed by atoms with E-state index in [0.717, 1.165) is 0 Å². The first-order valence-electron chi connectivity index (χ1n) is 3.65. The van der Waals surface area contributed by atoms with Gasteiger partial charge in [-0.25, -0.2) is 0 Å². The molecule has 0 saturated carbocycles. The van der Waals surface area contributed by atoms with Gasteiger partial charge in [0.25, 0.3) is 0 Å². The average molecular weight is 158 g/mol. The summed E-state index contributed by atoms with van der Waals surface area (Å²) in [6, 6.07) is 0. The fourth-order valence-electron chi connectivity index (χ4n) is 0.914. The molecule has 0 aromatic rings. The van der Waals surface area contributed by atoms with Crippen LogP contribution in [0.5, 0.6) is 0 Å². The van der Waals surface area contributed by atoms with Crippen LogP contribution in [0.3, 0.4) is 0 Å². The van der Waals surface area contributed by atoms with Crippen molar-refractivity contribution in [1.82, 2.24) is 9.80 Å². The molecule has 0 aliphatic heterocycles. The number of hydrogen-bond acceptors (Lipinski definition) is 3. The van der Waals surface area contributed by atoms with E-state index in [1.807, 2.05) is 38.0 Å². The fraction of sp³-hybridized carbons (Fsp3) is 0.750. The molecule has 0 aromatic carbocycles. The standard InChI is InChI=1S/C8H18N2O/c1-6-7-11-8(9(2)3)10(4)5/h6,8H,1,7H2,2-5H3. The Kier molecular flexibility index (Phi) is 5.11. The van der Waals surface area contributed by atoms with Gasteiger partial charge in [0.15, 0.2) is 6.35 Å². The lowest BCUT2D eigenvalue weighted by molar-refractivity contribution is -0.108. The van der Waals surface area contributed by atoms with Crippen LogP contribution in [0, 0.1) is 0 Å². The van der Waals surface area contributed by atoms with Crippen LogP contribution >= 0.6 is 0 Å². The second-order valence-electron chi connectivity index (χ2n) is 2.88. The third-order valence-corrected chi connectivity index (χ3v) is 1.25. The van der Waals surface area contributed by atoms with E-state index in [2.05, 4.69) is 6.58 Å². The molecule has 0 unspecified atom stereocenters. The second kappa shape index (κ2) is 5.29. The first-order valence-corrected chi connectivity index (χ1v) is 3.65. The lowest BCUT2D eigenvalue weighted by Crippen LogP contribution is -2.42. The van der Waals surface area contributed by atoms with Crippen molar-refractivity contribution in [3.05, 3.63) is 12.7 Å². The van der Waals surface area contributed by atoms with Gasteiger partial charge in [-0.3, -0.25) is 9.80 Å². The SMILES string of the molecule is C=CCOC(N(C)C)N(C)C. The third-order valence-electron chi connectivity index (χ3n) is 1.25. The minimum absolute atomic E-state index is 0.0352. The molecular weight excluding hydrogens is 140 g/mol. The predicted molar refractivity (Wildman–Crippen MR) is 47.3 cm³/mol. The molecule has 66 valence electrons. The van der Waals surface area contributed by atoms with Crippen LogP contribution in [0.2, 0.25) is 0 Å². The quantitative estimate of drug-likeness (QED) is 0.430. The number of nitrogens with zero attached hydrogens (tertiary/aromatic N) is 2. The van der Waals surface area contributed by atoms with Gasteiger partial charge in [0.2, 0.25) is 0 Å². The molecule has 0 aliphatic carbocycles. The van der Waals surface area contributed by atoms with Gasteiger partial charge in [0.05, 0.1) is 6.61 Å². The van der Waals surface area contributed by atoms with E-state index in [0.29, 0.717) is 6.61 Å². The van der Waals surface area contributed by atoms with Crippen LogP contribution in [0.25, 0.3) is 0 Å². The van der Waals surface area contributed by atoms with Gasteiger partial charge in [0, 0.05) is 0 Å². The summed E-state index contributed by atoms with van der Waals surface area (Å²) in [4.78, 5) is 4.01. The highest BCUT2D eigenvalue weighted by Gasteiger charge is 2.12. The van der Waals surface area contributed by atoms with E-state index < -0.39 is 0 Å². The summed E-state index contributed by atoms with van der Waals surface area (Å²) in [5.74, 6) is 0. The van der Waals surface area contributed by atoms with Crippen molar-refractivity contribution in [2.24, 2.45) is 0 Å². The van der Waals surface area contributed by atoms with Crippen LogP contribution in [-0.2, 0) is 4.74 Å². The molecule has 0 amide bonds.